The smallest absolute Gasteiger partial charge is 0.204 e. The summed E-state index contributed by atoms with van der Waals surface area (Å²) in [4.78, 5) is 13.4. The molecule has 31 heavy (non-hydrogen) atoms. The van der Waals surface area contributed by atoms with Crippen molar-refractivity contribution in [3.05, 3.63) is 70.1 Å². The Hall–Kier alpha value is -3.51. The lowest BCUT2D eigenvalue weighted by atomic mass is 9.92. The maximum Gasteiger partial charge on any atom is 0.204 e. The van der Waals surface area contributed by atoms with Crippen LogP contribution in [0.25, 0.3) is 28.2 Å². The predicted molar refractivity (Wildman–Crippen MR) is 120 cm³/mol. The molecule has 0 spiro atoms. The van der Waals surface area contributed by atoms with Crippen LogP contribution >= 0.6 is 0 Å². The van der Waals surface area contributed by atoms with Crippen LogP contribution in [0.3, 0.4) is 0 Å². The van der Waals surface area contributed by atoms with Crippen LogP contribution in [0.5, 0.6) is 17.2 Å². The number of aliphatic hydroxyl groups is 1. The number of hydrogen-bond acceptors (Lipinski definition) is 6. The van der Waals surface area contributed by atoms with Crippen molar-refractivity contribution in [3.63, 3.8) is 0 Å². The second-order valence-electron chi connectivity index (χ2n) is 8.40. The van der Waals surface area contributed by atoms with Gasteiger partial charge in [0.25, 0.3) is 0 Å². The molecule has 4 rings (SSSR count). The van der Waals surface area contributed by atoms with E-state index >= 15 is 0 Å². The van der Waals surface area contributed by atoms with Crippen molar-refractivity contribution in [2.24, 2.45) is 0 Å². The first-order chi connectivity index (χ1) is 14.6. The molecule has 1 aromatic heterocycles. The molecular formula is C25H24O6. The summed E-state index contributed by atoms with van der Waals surface area (Å²) in [5.41, 5.74) is 1.31. The topological polar surface area (TPSA) is 100 Å². The van der Waals surface area contributed by atoms with Crippen molar-refractivity contribution < 1.29 is 24.5 Å². The number of phenolic OH excluding ortho intramolecular Hbond substituents is 2. The Morgan fingerprint density at radius 1 is 1.19 bits per heavy atom. The van der Waals surface area contributed by atoms with Crippen molar-refractivity contribution in [3.8, 4) is 28.4 Å². The van der Waals surface area contributed by atoms with E-state index in [-0.39, 0.29) is 34.5 Å². The monoisotopic (exact) mass is 420 g/mol. The lowest BCUT2D eigenvalue weighted by molar-refractivity contribution is 0.153. The molecule has 1 aliphatic rings. The van der Waals surface area contributed by atoms with Crippen molar-refractivity contribution in [1.82, 2.24) is 0 Å². The van der Waals surface area contributed by atoms with E-state index in [1.165, 1.54) is 18.4 Å². The van der Waals surface area contributed by atoms with Crippen LogP contribution in [0, 0.1) is 0 Å². The Labute approximate surface area is 179 Å². The van der Waals surface area contributed by atoms with E-state index in [2.05, 4.69) is 6.58 Å². The lowest BCUT2D eigenvalue weighted by Gasteiger charge is -2.30. The number of phenols is 2. The van der Waals surface area contributed by atoms with Gasteiger partial charge in [-0.05, 0) is 50.6 Å². The molecule has 2 heterocycles. The predicted octanol–water partition coefficient (Wildman–Crippen LogP) is 4.53. The summed E-state index contributed by atoms with van der Waals surface area (Å²) in [5.74, 6) is 0.213. The highest BCUT2D eigenvalue weighted by Crippen LogP contribution is 2.45. The normalized spacial score (nSPS) is 15.4. The summed E-state index contributed by atoms with van der Waals surface area (Å²) in [7, 11) is 0. The third-order valence-electron chi connectivity index (χ3n) is 5.44. The van der Waals surface area contributed by atoms with E-state index in [0.717, 1.165) is 0 Å². The third-order valence-corrected chi connectivity index (χ3v) is 5.44. The minimum atomic E-state index is -0.878. The molecular weight excluding hydrogens is 396 g/mol. The van der Waals surface area contributed by atoms with Gasteiger partial charge in [-0.2, -0.15) is 0 Å². The minimum Gasteiger partial charge on any atom is -0.508 e. The summed E-state index contributed by atoms with van der Waals surface area (Å²) in [6.45, 7) is 9.26. The second kappa shape index (κ2) is 7.32. The molecule has 6 heteroatoms. The zero-order valence-electron chi connectivity index (χ0n) is 17.6. The first kappa shape index (κ1) is 20.8. The zero-order chi connectivity index (χ0) is 22.5. The zero-order valence-corrected chi connectivity index (χ0v) is 17.6. The number of benzene rings is 2. The highest BCUT2D eigenvalue weighted by atomic mass is 16.5. The molecule has 0 fully saturated rings. The fraction of sp³-hybridized carbons (Fsp3) is 0.240. The highest BCUT2D eigenvalue weighted by molar-refractivity contribution is 5.95. The Morgan fingerprint density at radius 3 is 2.52 bits per heavy atom. The Balaban J connectivity index is 2.04. The molecule has 2 aromatic carbocycles. The van der Waals surface area contributed by atoms with Crippen molar-refractivity contribution in [2.75, 3.05) is 0 Å². The summed E-state index contributed by atoms with van der Waals surface area (Å²) >= 11 is 0. The van der Waals surface area contributed by atoms with Crippen LogP contribution in [0.2, 0.25) is 0 Å². The summed E-state index contributed by atoms with van der Waals surface area (Å²) in [6, 6.07) is 6.14. The lowest BCUT2D eigenvalue weighted by Crippen LogP contribution is -2.29. The van der Waals surface area contributed by atoms with Gasteiger partial charge in [0.1, 0.15) is 40.1 Å². The van der Waals surface area contributed by atoms with Crippen LogP contribution in [-0.2, 0) is 6.42 Å². The largest absolute Gasteiger partial charge is 0.508 e. The van der Waals surface area contributed by atoms with Crippen LogP contribution in [-0.4, -0.2) is 27.0 Å². The van der Waals surface area contributed by atoms with E-state index in [0.29, 0.717) is 28.0 Å². The first-order valence-electron chi connectivity index (χ1n) is 9.93. The van der Waals surface area contributed by atoms with E-state index in [1.807, 2.05) is 13.8 Å². The van der Waals surface area contributed by atoms with Gasteiger partial charge in [-0.25, -0.2) is 0 Å². The van der Waals surface area contributed by atoms with Crippen molar-refractivity contribution in [2.45, 2.75) is 38.9 Å². The van der Waals surface area contributed by atoms with Gasteiger partial charge in [0, 0.05) is 12.0 Å². The molecule has 1 atom stereocenters. The second-order valence-corrected chi connectivity index (χ2v) is 8.40. The van der Waals surface area contributed by atoms with Gasteiger partial charge in [0.2, 0.25) is 5.43 Å². The van der Waals surface area contributed by atoms with Gasteiger partial charge in [-0.15, -0.1) is 0 Å². The standard InChI is InChI=1S/C25H24O6/c1-13(2)19(27)11-17-23-16(9-10-25(3,4)31-23)21(28)20-22(29)18(12-30-24(17)20)14-5-7-15(26)8-6-14/h5-10,12,19,26-28H,1,11H2,2-4H3/t19-/m0/s1. The third kappa shape index (κ3) is 3.59. The molecule has 160 valence electrons. The molecule has 0 radical (unpaired) electrons. The molecule has 0 amide bonds. The Bertz CT molecular complexity index is 1280. The number of aliphatic hydroxyl groups excluding tert-OH is 1. The van der Waals surface area contributed by atoms with Crippen LogP contribution in [0.1, 0.15) is 31.9 Å². The molecule has 0 saturated heterocycles. The van der Waals surface area contributed by atoms with Gasteiger partial charge in [0.15, 0.2) is 0 Å². The van der Waals surface area contributed by atoms with Gasteiger partial charge < -0.3 is 24.5 Å². The maximum atomic E-state index is 13.4. The summed E-state index contributed by atoms with van der Waals surface area (Å²) in [5, 5.41) is 31.1. The van der Waals surface area contributed by atoms with E-state index in [4.69, 9.17) is 9.15 Å². The summed E-state index contributed by atoms with van der Waals surface area (Å²) in [6.07, 6.45) is 4.07. The van der Waals surface area contributed by atoms with Gasteiger partial charge in [0.05, 0.1) is 17.2 Å². The quantitative estimate of drug-likeness (QED) is 0.536. The number of fused-ring (bicyclic) bond motifs is 2. The number of rotatable bonds is 4. The van der Waals surface area contributed by atoms with Crippen LogP contribution in [0.4, 0.5) is 0 Å². The Morgan fingerprint density at radius 2 is 1.87 bits per heavy atom. The molecule has 0 saturated carbocycles. The Kier molecular flexibility index (Phi) is 4.90. The van der Waals surface area contributed by atoms with E-state index < -0.39 is 17.1 Å². The highest BCUT2D eigenvalue weighted by Gasteiger charge is 2.31. The molecule has 3 N–H and O–H groups in total. The number of aromatic hydroxyl groups is 2. The van der Waals surface area contributed by atoms with Crippen molar-refractivity contribution >= 4 is 17.0 Å². The van der Waals surface area contributed by atoms with Crippen LogP contribution in [0.15, 0.2) is 58.0 Å². The molecule has 6 nitrogen and oxygen atoms in total. The average Bonchev–Trinajstić information content (AvgIpc) is 2.70. The fourth-order valence-corrected chi connectivity index (χ4v) is 3.66. The van der Waals surface area contributed by atoms with Gasteiger partial charge >= 0.3 is 0 Å². The molecule has 3 aromatic rings. The fourth-order valence-electron chi connectivity index (χ4n) is 3.66. The maximum absolute atomic E-state index is 13.4. The van der Waals surface area contributed by atoms with E-state index in [1.54, 1.807) is 31.2 Å². The van der Waals surface area contributed by atoms with Crippen LogP contribution < -0.4 is 10.2 Å². The van der Waals surface area contributed by atoms with Gasteiger partial charge in [-0.3, -0.25) is 4.79 Å². The minimum absolute atomic E-state index is 0.0150. The molecule has 0 unspecified atom stereocenters. The summed E-state index contributed by atoms with van der Waals surface area (Å²) < 4.78 is 12.0. The average molecular weight is 420 g/mol. The van der Waals surface area contributed by atoms with E-state index in [9.17, 15) is 20.1 Å². The SMILES string of the molecule is C=C(C)[C@@H](O)Cc1c2c(c(O)c3c(=O)c(-c4ccc(O)cc4)coc13)C=CC(C)(C)O2. The molecule has 0 bridgehead atoms. The molecule has 0 aliphatic carbocycles. The number of ether oxygens (including phenoxy) is 1. The molecule has 1 aliphatic heterocycles. The van der Waals surface area contributed by atoms with Crippen molar-refractivity contribution in [1.29, 1.82) is 0 Å². The van der Waals surface area contributed by atoms with Gasteiger partial charge in [-0.1, -0.05) is 24.3 Å². The first-order valence-corrected chi connectivity index (χ1v) is 9.93. The number of hydrogen-bond donors (Lipinski definition) is 3.